The zero-order chi connectivity index (χ0) is 22.9. The Labute approximate surface area is 219 Å². The first-order valence-electron chi connectivity index (χ1n) is 10.9. The number of primary amides is 1. The molecule has 2 aliphatic rings. The van der Waals surface area contributed by atoms with Crippen LogP contribution in [0.2, 0.25) is 0 Å². The minimum absolute atomic E-state index is 0. The minimum Gasteiger partial charge on any atom is -0.368 e. The number of carbonyl (C=O) groups is 2. The van der Waals surface area contributed by atoms with Gasteiger partial charge in [0.2, 0.25) is 5.91 Å². The maximum absolute atomic E-state index is 13.3. The zero-order valence-electron chi connectivity index (χ0n) is 18.7. The molecule has 2 aliphatic heterocycles. The Bertz CT molecular complexity index is 1240. The third-order valence-corrected chi connectivity index (χ3v) is 7.31. The summed E-state index contributed by atoms with van der Waals surface area (Å²) < 4.78 is 15.3. The molecule has 0 radical (unpaired) electrons. The molecular weight excluding hydrogens is 512 g/mol. The van der Waals surface area contributed by atoms with E-state index in [0.29, 0.717) is 36.0 Å². The number of rotatable bonds is 6. The Hall–Kier alpha value is -2.59. The number of pyridine rings is 1. The van der Waals surface area contributed by atoms with Crippen LogP contribution in [-0.2, 0) is 9.59 Å². The number of aromatic nitrogens is 2. The summed E-state index contributed by atoms with van der Waals surface area (Å²) in [5.74, 6) is -0.559. The molecule has 35 heavy (non-hydrogen) atoms. The first-order valence-corrected chi connectivity index (χ1v) is 11.7. The van der Waals surface area contributed by atoms with Gasteiger partial charge < -0.3 is 11.1 Å². The summed E-state index contributed by atoms with van der Waals surface area (Å²) >= 11 is 1.44. The van der Waals surface area contributed by atoms with Gasteiger partial charge in [0.05, 0.1) is 21.8 Å². The van der Waals surface area contributed by atoms with Crippen molar-refractivity contribution in [3.8, 4) is 0 Å². The van der Waals surface area contributed by atoms with E-state index in [4.69, 9.17) is 5.73 Å². The second-order valence-electron chi connectivity index (χ2n) is 8.40. The predicted octanol–water partition coefficient (Wildman–Crippen LogP) is 3.82. The van der Waals surface area contributed by atoms with E-state index in [1.54, 1.807) is 18.3 Å². The summed E-state index contributed by atoms with van der Waals surface area (Å²) in [5, 5.41) is 4.04. The van der Waals surface area contributed by atoms with Gasteiger partial charge in [-0.15, -0.1) is 24.8 Å². The molecule has 3 aromatic rings. The fourth-order valence-corrected chi connectivity index (χ4v) is 5.54. The molecule has 2 amide bonds. The lowest BCUT2D eigenvalue weighted by Crippen LogP contribution is -2.44. The largest absolute Gasteiger partial charge is 0.368 e. The van der Waals surface area contributed by atoms with Crippen LogP contribution < -0.4 is 11.1 Å². The second kappa shape index (κ2) is 11.4. The molecule has 0 saturated carbocycles. The topological polar surface area (TPSA) is 92.7 Å². The molecule has 11 heteroatoms. The molecule has 0 aliphatic carbocycles. The van der Waals surface area contributed by atoms with Crippen molar-refractivity contribution >= 4 is 60.1 Å². The van der Waals surface area contributed by atoms with Crippen molar-refractivity contribution in [1.29, 1.82) is 0 Å². The highest BCUT2D eigenvalue weighted by atomic mass is 35.5. The Morgan fingerprint density at radius 2 is 1.86 bits per heavy atom. The first kappa shape index (κ1) is 27.0. The van der Waals surface area contributed by atoms with Crippen LogP contribution in [0.3, 0.4) is 0 Å². The van der Waals surface area contributed by atoms with Gasteiger partial charge in [0.25, 0.3) is 5.91 Å². The number of hydrogen-bond donors (Lipinski definition) is 2. The van der Waals surface area contributed by atoms with E-state index in [0.717, 1.165) is 29.2 Å². The lowest BCUT2D eigenvalue weighted by atomic mass is 9.94. The summed E-state index contributed by atoms with van der Waals surface area (Å²) in [4.78, 5) is 32.0. The second-order valence-corrected chi connectivity index (χ2v) is 9.46. The molecule has 2 aromatic heterocycles. The molecule has 1 atom stereocenters. The Kier molecular flexibility index (Phi) is 8.82. The average molecular weight is 538 g/mol. The first-order chi connectivity index (χ1) is 16.0. The molecule has 3 N–H and O–H groups in total. The minimum atomic E-state index is -0.572. The van der Waals surface area contributed by atoms with Gasteiger partial charge >= 0.3 is 0 Å². The number of thioether (sulfide) groups is 1. The molecule has 5 rings (SSSR count). The number of likely N-dealkylation sites (tertiary alicyclic amines) is 1. The summed E-state index contributed by atoms with van der Waals surface area (Å²) in [6.45, 7) is 1.94. The van der Waals surface area contributed by atoms with Crippen molar-refractivity contribution in [2.45, 2.75) is 23.9 Å². The third-order valence-electron chi connectivity index (χ3n) is 6.26. The van der Waals surface area contributed by atoms with Crippen LogP contribution >= 0.6 is 36.6 Å². The van der Waals surface area contributed by atoms with Crippen LogP contribution in [0.15, 0.2) is 58.6 Å². The number of nitrogens with two attached hydrogens (primary N) is 1. The number of nitrogens with one attached hydrogen (secondary N) is 1. The van der Waals surface area contributed by atoms with Crippen LogP contribution in [0, 0.1) is 11.7 Å². The molecule has 7 nitrogen and oxygen atoms in total. The van der Waals surface area contributed by atoms with Gasteiger partial charge in [0.15, 0.2) is 0 Å². The fourth-order valence-electron chi connectivity index (χ4n) is 4.54. The van der Waals surface area contributed by atoms with Crippen molar-refractivity contribution in [3.63, 3.8) is 0 Å². The molecule has 0 spiro atoms. The molecule has 1 unspecified atom stereocenters. The van der Waals surface area contributed by atoms with E-state index in [1.165, 1.54) is 23.9 Å². The van der Waals surface area contributed by atoms with Gasteiger partial charge in [0.1, 0.15) is 17.5 Å². The van der Waals surface area contributed by atoms with E-state index >= 15 is 0 Å². The number of amides is 2. The molecule has 186 valence electrons. The smallest absolute Gasteiger partial charge is 0.258 e. The van der Waals surface area contributed by atoms with Crippen molar-refractivity contribution in [2.75, 3.05) is 19.6 Å². The number of imidazole rings is 1. The van der Waals surface area contributed by atoms with E-state index in [-0.39, 0.29) is 36.5 Å². The number of carbonyl (C=O) groups excluding carboxylic acids is 2. The van der Waals surface area contributed by atoms with Crippen molar-refractivity contribution < 1.29 is 14.0 Å². The molecular formula is C24H26Cl2FN5O2S. The lowest BCUT2D eigenvalue weighted by Gasteiger charge is -2.36. The monoisotopic (exact) mass is 537 g/mol. The van der Waals surface area contributed by atoms with E-state index in [9.17, 15) is 14.0 Å². The fraction of sp³-hybridized carbons (Fsp3) is 0.292. The Morgan fingerprint density at radius 3 is 2.54 bits per heavy atom. The predicted molar refractivity (Wildman–Crippen MR) is 139 cm³/mol. The summed E-state index contributed by atoms with van der Waals surface area (Å²) in [6, 6.07) is 11.2. The van der Waals surface area contributed by atoms with Crippen LogP contribution in [-0.4, -0.2) is 45.7 Å². The summed E-state index contributed by atoms with van der Waals surface area (Å²) in [6.07, 6.45) is 5.32. The number of nitrogens with zero attached hydrogens (tertiary/aromatic N) is 3. The van der Waals surface area contributed by atoms with Crippen LogP contribution in [0.4, 0.5) is 4.39 Å². The van der Waals surface area contributed by atoms with Crippen LogP contribution in [0.1, 0.15) is 30.1 Å². The average Bonchev–Trinajstić information content (AvgIpc) is 3.24. The maximum atomic E-state index is 13.3. The van der Waals surface area contributed by atoms with Gasteiger partial charge in [-0.3, -0.25) is 18.9 Å². The third kappa shape index (κ3) is 5.64. The molecule has 4 heterocycles. The highest BCUT2D eigenvalue weighted by Gasteiger charge is 2.30. The molecule has 1 aromatic carbocycles. The highest BCUT2D eigenvalue weighted by molar-refractivity contribution is 8.04. The normalized spacial score (nSPS) is 16.5. The number of piperidine rings is 1. The van der Waals surface area contributed by atoms with Crippen LogP contribution in [0.5, 0.6) is 0 Å². The van der Waals surface area contributed by atoms with E-state index in [2.05, 4.69) is 10.3 Å². The van der Waals surface area contributed by atoms with Gasteiger partial charge in [0, 0.05) is 6.54 Å². The Morgan fingerprint density at radius 1 is 1.14 bits per heavy atom. The molecule has 1 fully saturated rings. The van der Waals surface area contributed by atoms with E-state index < -0.39 is 11.9 Å². The van der Waals surface area contributed by atoms with Gasteiger partial charge in [-0.25, -0.2) is 9.37 Å². The van der Waals surface area contributed by atoms with Gasteiger partial charge in [-0.1, -0.05) is 30.0 Å². The maximum Gasteiger partial charge on any atom is 0.258 e. The number of hydrogen-bond acceptors (Lipinski definition) is 5. The van der Waals surface area contributed by atoms with Crippen molar-refractivity contribution in [3.05, 3.63) is 70.6 Å². The number of benzene rings is 1. The van der Waals surface area contributed by atoms with Crippen molar-refractivity contribution in [1.82, 2.24) is 19.6 Å². The molecule has 0 bridgehead atoms. The quantitative estimate of drug-likeness (QED) is 0.498. The van der Waals surface area contributed by atoms with Gasteiger partial charge in [-0.05, 0) is 67.8 Å². The zero-order valence-corrected chi connectivity index (χ0v) is 21.2. The SMILES string of the molecule is Cl.Cl.NC(=O)C(c1ccc(F)cc1)N1CCC(CNC(=O)C2=Cc3cnc4cccc(n34)S2)CC1. The standard InChI is InChI=1S/C24H24FN5O2S.2ClH/c25-17-6-4-16(5-7-17)22(23(26)31)29-10-8-15(9-11-29)13-28-24(32)19-12-18-14-27-20-2-1-3-21(33-19)30(18)20;;/h1-7,12,14-15,22H,8-11,13H2,(H2,26,31)(H,28,32);2*1H. The Balaban J connectivity index is 0.00000171. The summed E-state index contributed by atoms with van der Waals surface area (Å²) in [7, 11) is 0. The highest BCUT2D eigenvalue weighted by Crippen LogP contribution is 2.34. The van der Waals surface area contributed by atoms with E-state index in [1.807, 2.05) is 33.6 Å². The van der Waals surface area contributed by atoms with Gasteiger partial charge in [-0.2, -0.15) is 0 Å². The van der Waals surface area contributed by atoms with Crippen LogP contribution in [0.25, 0.3) is 11.7 Å². The lowest BCUT2D eigenvalue weighted by molar-refractivity contribution is -0.124. The molecule has 1 saturated heterocycles. The summed E-state index contributed by atoms with van der Waals surface area (Å²) in [5.41, 5.74) is 8.13. The number of halogens is 3. The van der Waals surface area contributed by atoms with Crippen molar-refractivity contribution in [2.24, 2.45) is 11.7 Å².